The summed E-state index contributed by atoms with van der Waals surface area (Å²) in [6, 6.07) is 4.94. The third kappa shape index (κ3) is 6.63. The number of thiazole rings is 1. The fourth-order valence-electron chi connectivity index (χ4n) is 6.64. The van der Waals surface area contributed by atoms with Gasteiger partial charge >= 0.3 is 0 Å². The van der Waals surface area contributed by atoms with Crippen LogP contribution >= 0.6 is 22.9 Å². The van der Waals surface area contributed by atoms with E-state index in [1.54, 1.807) is 24.5 Å². The molecule has 2 unspecified atom stereocenters. The molecule has 0 N–H and O–H groups in total. The fourth-order valence-corrected chi connectivity index (χ4v) is 7.97. The van der Waals surface area contributed by atoms with E-state index >= 15 is 0 Å². The number of rotatable bonds is 10. The standard InChI is InChI=1S/C32H37ClFN5O2S/c33-24-16-35-30(36-17-24)19-38-9-5-20(6-10-38)26-13-22(26)8-12-41-25-4-3-23(27(34)15-25)14-31(40)39-11-7-29-28(18-39)37-32(42-29)21-1-2-21/h3-4,15-17,20-22,26H,1-2,5-14,18-19H2. The number of halogens is 2. The third-order valence-corrected chi connectivity index (χ3v) is 10.9. The summed E-state index contributed by atoms with van der Waals surface area (Å²) in [5.74, 6) is 3.84. The minimum Gasteiger partial charge on any atom is -0.493 e. The Morgan fingerprint density at radius 3 is 2.69 bits per heavy atom. The lowest BCUT2D eigenvalue weighted by Crippen LogP contribution is -2.36. The third-order valence-electron chi connectivity index (χ3n) is 9.40. The van der Waals surface area contributed by atoms with E-state index in [0.717, 1.165) is 55.8 Å². The molecule has 4 heterocycles. The summed E-state index contributed by atoms with van der Waals surface area (Å²) in [6.45, 7) is 4.76. The SMILES string of the molecule is O=C(Cc1ccc(OCCC2CC2C2CCN(Cc3ncc(Cl)cn3)CC2)cc1F)N1CCc2sc(C3CC3)nc2C1. The maximum Gasteiger partial charge on any atom is 0.227 e. The second-order valence-electron chi connectivity index (χ2n) is 12.4. The van der Waals surface area contributed by atoms with E-state index < -0.39 is 0 Å². The molecule has 2 aliphatic carbocycles. The Morgan fingerprint density at radius 1 is 1.12 bits per heavy atom. The molecule has 4 aliphatic rings. The predicted molar refractivity (Wildman–Crippen MR) is 160 cm³/mol. The van der Waals surface area contributed by atoms with E-state index in [2.05, 4.69) is 14.9 Å². The van der Waals surface area contributed by atoms with Gasteiger partial charge in [-0.15, -0.1) is 11.3 Å². The Morgan fingerprint density at radius 2 is 1.93 bits per heavy atom. The fraction of sp³-hybridized carbons (Fsp3) is 0.562. The molecule has 1 saturated heterocycles. The highest BCUT2D eigenvalue weighted by Gasteiger charge is 2.43. The zero-order valence-corrected chi connectivity index (χ0v) is 25.4. The van der Waals surface area contributed by atoms with Crippen molar-refractivity contribution < 1.29 is 13.9 Å². The summed E-state index contributed by atoms with van der Waals surface area (Å²) in [7, 11) is 0. The summed E-state index contributed by atoms with van der Waals surface area (Å²) in [6.07, 6.45) is 11.4. The van der Waals surface area contributed by atoms with Crippen molar-refractivity contribution in [3.05, 3.63) is 68.4 Å². The van der Waals surface area contributed by atoms with Crippen molar-refractivity contribution in [2.24, 2.45) is 17.8 Å². The van der Waals surface area contributed by atoms with E-state index in [-0.39, 0.29) is 18.1 Å². The average molecular weight is 610 g/mol. The molecule has 2 aromatic heterocycles. The zero-order valence-electron chi connectivity index (χ0n) is 23.8. The molecule has 2 saturated carbocycles. The molecule has 2 atom stereocenters. The first-order chi connectivity index (χ1) is 20.5. The van der Waals surface area contributed by atoms with Crippen molar-refractivity contribution in [3.63, 3.8) is 0 Å². The van der Waals surface area contributed by atoms with Gasteiger partial charge in [-0.25, -0.2) is 19.3 Å². The van der Waals surface area contributed by atoms with Gasteiger partial charge in [0, 0.05) is 42.2 Å². The molecule has 7 rings (SSSR count). The predicted octanol–water partition coefficient (Wildman–Crippen LogP) is 6.05. The van der Waals surface area contributed by atoms with Gasteiger partial charge in [0.05, 0.1) is 41.8 Å². The van der Waals surface area contributed by atoms with Crippen molar-refractivity contribution in [3.8, 4) is 5.75 Å². The van der Waals surface area contributed by atoms with Gasteiger partial charge in [0.25, 0.3) is 0 Å². The summed E-state index contributed by atoms with van der Waals surface area (Å²) >= 11 is 7.71. The molecule has 2 aliphatic heterocycles. The van der Waals surface area contributed by atoms with E-state index in [1.165, 1.54) is 48.1 Å². The molecule has 1 amide bonds. The molecule has 7 nitrogen and oxygen atoms in total. The normalized spacial score (nSPS) is 22.7. The lowest BCUT2D eigenvalue weighted by atomic mass is 9.90. The van der Waals surface area contributed by atoms with Crippen LogP contribution in [0.3, 0.4) is 0 Å². The maximum atomic E-state index is 14.9. The van der Waals surface area contributed by atoms with Gasteiger partial charge in [-0.1, -0.05) is 17.7 Å². The number of benzene rings is 1. The average Bonchev–Trinajstić information content (AvgIpc) is 3.93. The van der Waals surface area contributed by atoms with Crippen molar-refractivity contribution >= 4 is 28.8 Å². The first-order valence-corrected chi connectivity index (χ1v) is 16.5. The van der Waals surface area contributed by atoms with Crippen LogP contribution in [0.25, 0.3) is 0 Å². The summed E-state index contributed by atoms with van der Waals surface area (Å²) in [5, 5.41) is 1.80. The van der Waals surface area contributed by atoms with Crippen LogP contribution in [0.15, 0.2) is 30.6 Å². The van der Waals surface area contributed by atoms with Crippen LogP contribution < -0.4 is 4.74 Å². The Kier molecular flexibility index (Phi) is 8.16. The summed E-state index contributed by atoms with van der Waals surface area (Å²) < 4.78 is 20.9. The molecule has 222 valence electrons. The number of carbonyl (C=O) groups is 1. The first-order valence-electron chi connectivity index (χ1n) is 15.3. The number of amides is 1. The van der Waals surface area contributed by atoms with Crippen molar-refractivity contribution in [1.29, 1.82) is 0 Å². The Hall–Kier alpha value is -2.62. The number of hydrogen-bond donors (Lipinski definition) is 0. The van der Waals surface area contributed by atoms with Crippen LogP contribution in [0.1, 0.15) is 71.4 Å². The van der Waals surface area contributed by atoms with Crippen LogP contribution in [-0.4, -0.2) is 56.9 Å². The van der Waals surface area contributed by atoms with Crippen LogP contribution in [0, 0.1) is 23.6 Å². The molecule has 0 radical (unpaired) electrons. The van der Waals surface area contributed by atoms with Crippen molar-refractivity contribution in [2.45, 2.75) is 70.4 Å². The smallest absolute Gasteiger partial charge is 0.227 e. The van der Waals surface area contributed by atoms with Crippen LogP contribution in [0.4, 0.5) is 4.39 Å². The lowest BCUT2D eigenvalue weighted by molar-refractivity contribution is -0.131. The topological polar surface area (TPSA) is 71.5 Å². The molecular weight excluding hydrogens is 573 g/mol. The van der Waals surface area contributed by atoms with E-state index in [9.17, 15) is 9.18 Å². The Balaban J connectivity index is 0.824. The molecule has 0 spiro atoms. The molecule has 10 heteroatoms. The van der Waals surface area contributed by atoms with Gasteiger partial charge in [0.1, 0.15) is 17.4 Å². The molecule has 3 fully saturated rings. The second kappa shape index (κ2) is 12.2. The highest BCUT2D eigenvalue weighted by atomic mass is 35.5. The zero-order chi connectivity index (χ0) is 28.6. The van der Waals surface area contributed by atoms with E-state index in [0.29, 0.717) is 47.9 Å². The van der Waals surface area contributed by atoms with Crippen molar-refractivity contribution in [2.75, 3.05) is 26.2 Å². The second-order valence-corrected chi connectivity index (χ2v) is 14.0. The quantitative estimate of drug-likeness (QED) is 0.279. The van der Waals surface area contributed by atoms with E-state index in [4.69, 9.17) is 21.3 Å². The van der Waals surface area contributed by atoms with Crippen LogP contribution in [0.5, 0.6) is 5.75 Å². The molecule has 42 heavy (non-hydrogen) atoms. The number of piperidine rings is 1. The molecular formula is C32H37ClFN5O2S. The number of nitrogens with zero attached hydrogens (tertiary/aromatic N) is 5. The van der Waals surface area contributed by atoms with Gasteiger partial charge < -0.3 is 9.64 Å². The van der Waals surface area contributed by atoms with Gasteiger partial charge in [-0.3, -0.25) is 9.69 Å². The van der Waals surface area contributed by atoms with Crippen LogP contribution in [-0.2, 0) is 30.7 Å². The number of carbonyl (C=O) groups excluding carboxylic acids is 1. The van der Waals surface area contributed by atoms with Gasteiger partial charge in [-0.05, 0) is 81.0 Å². The molecule has 3 aromatic rings. The minimum atomic E-state index is -0.372. The van der Waals surface area contributed by atoms with Crippen LogP contribution in [0.2, 0.25) is 5.02 Å². The highest BCUT2D eigenvalue weighted by molar-refractivity contribution is 7.11. The van der Waals surface area contributed by atoms with Crippen molar-refractivity contribution in [1.82, 2.24) is 24.8 Å². The monoisotopic (exact) mass is 609 g/mol. The number of likely N-dealkylation sites (tertiary alicyclic amines) is 1. The molecule has 0 bridgehead atoms. The lowest BCUT2D eigenvalue weighted by Gasteiger charge is -2.31. The largest absolute Gasteiger partial charge is 0.493 e. The summed E-state index contributed by atoms with van der Waals surface area (Å²) in [5.41, 5.74) is 1.46. The highest BCUT2D eigenvalue weighted by Crippen LogP contribution is 2.50. The van der Waals surface area contributed by atoms with Gasteiger partial charge in [0.2, 0.25) is 5.91 Å². The maximum absolute atomic E-state index is 14.9. The number of fused-ring (bicyclic) bond motifs is 1. The number of ether oxygens (including phenoxy) is 1. The number of aromatic nitrogens is 3. The molecule has 1 aromatic carbocycles. The minimum absolute atomic E-state index is 0.0434. The van der Waals surface area contributed by atoms with Gasteiger partial charge in [0.15, 0.2) is 0 Å². The van der Waals surface area contributed by atoms with Gasteiger partial charge in [-0.2, -0.15) is 0 Å². The first kappa shape index (κ1) is 28.2. The summed E-state index contributed by atoms with van der Waals surface area (Å²) in [4.78, 5) is 32.0. The van der Waals surface area contributed by atoms with E-state index in [1.807, 2.05) is 16.2 Å². The Bertz CT molecular complexity index is 1420. The number of hydrogen-bond acceptors (Lipinski definition) is 7. The Labute approximate surface area is 255 Å².